The normalized spacial score (nSPS) is 1.00. The summed E-state index contributed by atoms with van der Waals surface area (Å²) in [7, 11) is 0. The van der Waals surface area contributed by atoms with E-state index >= 15 is 0 Å². The van der Waals surface area contributed by atoms with Crippen LogP contribution in [0.15, 0.2) is 0 Å². The maximum atomic E-state index is 7.00. The van der Waals surface area contributed by atoms with Gasteiger partial charge in [0.05, 0.1) is 0 Å². The van der Waals surface area contributed by atoms with Crippen molar-refractivity contribution in [2.45, 2.75) is 0 Å². The minimum Gasteiger partial charge on any atom is -1.00 e. The summed E-state index contributed by atoms with van der Waals surface area (Å²) in [6, 6.07) is 0. The zero-order valence-electron chi connectivity index (χ0n) is 3.82. The second-order valence-corrected chi connectivity index (χ2v) is 0. The Morgan fingerprint density at radius 3 is 0.667 bits per heavy atom. The standard InChI is InChI=1S/2Na.O2.2H2O/c;;1-2;;/h;;;2*1H2/q2*+1;-2;;. The van der Waals surface area contributed by atoms with Crippen LogP contribution in [0, 0.1) is 0 Å². The average molecular weight is 114 g/mol. The molecule has 0 heterocycles. The minimum atomic E-state index is 0. The van der Waals surface area contributed by atoms with Gasteiger partial charge in [0.1, 0.15) is 0 Å². The SMILES string of the molecule is O.O.[Na+].[Na+].[O-][O-]. The molecule has 0 rings (SSSR count). The number of hydrogen-bond donors (Lipinski definition) is 0. The molecule has 0 aliphatic heterocycles. The minimum absolute atomic E-state index is 0. The summed E-state index contributed by atoms with van der Waals surface area (Å²) in [5.74, 6) is 0. The van der Waals surface area contributed by atoms with Gasteiger partial charge in [0.15, 0.2) is 0 Å². The van der Waals surface area contributed by atoms with Gasteiger partial charge >= 0.3 is 59.1 Å². The van der Waals surface area contributed by atoms with Crippen molar-refractivity contribution in [1.29, 1.82) is 0 Å². The van der Waals surface area contributed by atoms with Crippen LogP contribution in [0.2, 0.25) is 0 Å². The molecule has 0 atom stereocenters. The zero-order valence-corrected chi connectivity index (χ0v) is 7.82. The Bertz CT molecular complexity index is 5.51. The van der Waals surface area contributed by atoms with Gasteiger partial charge in [-0.25, -0.2) is 0 Å². The molecule has 0 radical (unpaired) electrons. The van der Waals surface area contributed by atoms with Crippen molar-refractivity contribution in [2.24, 2.45) is 0 Å². The molecule has 0 aromatic rings. The van der Waals surface area contributed by atoms with Gasteiger partial charge in [-0.3, -0.25) is 0 Å². The maximum Gasteiger partial charge on any atom is 1.00 e. The average Bonchev–Trinajstić information content (AvgIpc) is 1.00. The van der Waals surface area contributed by atoms with Crippen molar-refractivity contribution in [1.82, 2.24) is 0 Å². The van der Waals surface area contributed by atoms with E-state index in [0.717, 1.165) is 0 Å². The van der Waals surface area contributed by atoms with E-state index in [1.54, 1.807) is 0 Å². The third-order valence-electron chi connectivity index (χ3n) is 0. The predicted molar refractivity (Wildman–Crippen MR) is 7.23 cm³/mol. The van der Waals surface area contributed by atoms with Crippen LogP contribution in [0.5, 0.6) is 0 Å². The van der Waals surface area contributed by atoms with Crippen LogP contribution in [-0.4, -0.2) is 11.0 Å². The molecule has 4 N–H and O–H groups in total. The van der Waals surface area contributed by atoms with Crippen LogP contribution in [0.3, 0.4) is 0 Å². The largest absolute Gasteiger partial charge is 1.00 e. The first kappa shape index (κ1) is 45.5. The Morgan fingerprint density at radius 1 is 0.667 bits per heavy atom. The van der Waals surface area contributed by atoms with Gasteiger partial charge in [-0.2, -0.15) is 0 Å². The van der Waals surface area contributed by atoms with Crippen molar-refractivity contribution in [3.63, 3.8) is 0 Å². The van der Waals surface area contributed by atoms with Gasteiger partial charge in [-0.05, 0) is 0 Å². The summed E-state index contributed by atoms with van der Waals surface area (Å²) in [6.45, 7) is 0. The fourth-order valence-corrected chi connectivity index (χ4v) is 0. The summed E-state index contributed by atoms with van der Waals surface area (Å²) in [5, 5.41) is 14.0. The molecular weight excluding hydrogens is 110 g/mol. The van der Waals surface area contributed by atoms with Crippen LogP contribution >= 0.6 is 0 Å². The fourth-order valence-electron chi connectivity index (χ4n) is 0. The molecule has 0 aliphatic carbocycles. The van der Waals surface area contributed by atoms with E-state index in [1.807, 2.05) is 0 Å². The first-order valence-electron chi connectivity index (χ1n) is 0.167. The molecular formula is H4Na2O4. The molecule has 0 saturated carbocycles. The van der Waals surface area contributed by atoms with Crippen LogP contribution in [-0.2, 0) is 0 Å². The van der Waals surface area contributed by atoms with E-state index in [-0.39, 0.29) is 70.1 Å². The summed E-state index contributed by atoms with van der Waals surface area (Å²) in [6.07, 6.45) is 0. The van der Waals surface area contributed by atoms with Crippen LogP contribution in [0.4, 0.5) is 0 Å². The van der Waals surface area contributed by atoms with Gasteiger partial charge < -0.3 is 21.5 Å². The Hall–Kier alpha value is 1.84. The molecule has 30 valence electrons. The third kappa shape index (κ3) is 40.4. The molecule has 0 amide bonds. The first-order chi connectivity index (χ1) is 1.00. The molecule has 4 nitrogen and oxygen atoms in total. The second kappa shape index (κ2) is 68.9. The molecule has 0 aromatic heterocycles. The molecule has 0 spiro atoms. The summed E-state index contributed by atoms with van der Waals surface area (Å²) in [5.41, 5.74) is 0. The van der Waals surface area contributed by atoms with Gasteiger partial charge in [0.25, 0.3) is 0 Å². The molecule has 0 aromatic carbocycles. The van der Waals surface area contributed by atoms with Crippen LogP contribution in [0.25, 0.3) is 0 Å². The summed E-state index contributed by atoms with van der Waals surface area (Å²) in [4.78, 5) is 0. The Morgan fingerprint density at radius 2 is 0.667 bits per heavy atom. The van der Waals surface area contributed by atoms with E-state index < -0.39 is 0 Å². The van der Waals surface area contributed by atoms with Crippen molar-refractivity contribution >= 4 is 0 Å². The van der Waals surface area contributed by atoms with Crippen molar-refractivity contribution < 1.29 is 80.6 Å². The molecule has 6 heteroatoms. The van der Waals surface area contributed by atoms with E-state index in [2.05, 4.69) is 0 Å². The van der Waals surface area contributed by atoms with Gasteiger partial charge in [-0.1, -0.05) is 0 Å². The van der Waals surface area contributed by atoms with E-state index in [9.17, 15) is 0 Å². The van der Waals surface area contributed by atoms with Crippen LogP contribution in [0.1, 0.15) is 0 Å². The molecule has 0 fully saturated rings. The maximum absolute atomic E-state index is 7.00. The van der Waals surface area contributed by atoms with Crippen LogP contribution < -0.4 is 69.6 Å². The van der Waals surface area contributed by atoms with Crippen molar-refractivity contribution in [2.75, 3.05) is 0 Å². The molecule has 0 bridgehead atoms. The molecule has 0 aliphatic rings. The summed E-state index contributed by atoms with van der Waals surface area (Å²) < 4.78 is 0. The molecule has 0 unspecified atom stereocenters. The fraction of sp³-hybridized carbons (Fsp3) is 0. The number of rotatable bonds is 0. The Balaban J connectivity index is -0.000000000833. The molecule has 0 saturated heterocycles. The van der Waals surface area contributed by atoms with E-state index in [4.69, 9.17) is 10.5 Å². The number of hydrogen-bond acceptors (Lipinski definition) is 2. The Labute approximate surface area is 79.7 Å². The summed E-state index contributed by atoms with van der Waals surface area (Å²) >= 11 is 0. The second-order valence-electron chi connectivity index (χ2n) is 0. The van der Waals surface area contributed by atoms with Crippen molar-refractivity contribution in [3.8, 4) is 0 Å². The first-order valence-corrected chi connectivity index (χ1v) is 0.167. The smallest absolute Gasteiger partial charge is 1.00 e. The van der Waals surface area contributed by atoms with Gasteiger partial charge in [0.2, 0.25) is 0 Å². The zero-order chi connectivity index (χ0) is 2.00. The predicted octanol–water partition coefficient (Wildman–Crippen LogP) is -10.0. The monoisotopic (exact) mass is 114 g/mol. The Kier molecular flexibility index (Phi) is 522. The van der Waals surface area contributed by atoms with Gasteiger partial charge in [0, 0.05) is 0 Å². The molecule has 6 heavy (non-hydrogen) atoms. The van der Waals surface area contributed by atoms with Crippen molar-refractivity contribution in [3.05, 3.63) is 0 Å². The van der Waals surface area contributed by atoms with E-state index in [1.165, 1.54) is 0 Å². The van der Waals surface area contributed by atoms with E-state index in [0.29, 0.717) is 0 Å². The quantitative estimate of drug-likeness (QED) is 0.177. The van der Waals surface area contributed by atoms with Gasteiger partial charge in [-0.15, -0.1) is 0 Å². The topological polar surface area (TPSA) is 109 Å². The third-order valence-corrected chi connectivity index (χ3v) is 0.